The van der Waals surface area contributed by atoms with Crippen molar-refractivity contribution in [2.45, 2.75) is 6.42 Å². The molecule has 1 aromatic carbocycles. The first-order chi connectivity index (χ1) is 9.61. The van der Waals surface area contributed by atoms with Crippen LogP contribution in [0.3, 0.4) is 0 Å². The van der Waals surface area contributed by atoms with Crippen molar-refractivity contribution < 1.29 is 14.6 Å². The summed E-state index contributed by atoms with van der Waals surface area (Å²) < 4.78 is 6.75. The Hall–Kier alpha value is -2.57. The van der Waals surface area contributed by atoms with Gasteiger partial charge in [-0.25, -0.2) is 0 Å². The van der Waals surface area contributed by atoms with Crippen molar-refractivity contribution in [1.82, 2.24) is 20.1 Å². The lowest BCUT2D eigenvalue weighted by molar-refractivity contribution is 0.0951. The zero-order valence-corrected chi connectivity index (χ0v) is 11.3. The molecule has 1 heterocycles. The van der Waals surface area contributed by atoms with Crippen molar-refractivity contribution >= 4 is 5.91 Å². The Kier molecular flexibility index (Phi) is 4.19. The Morgan fingerprint density at radius 1 is 1.50 bits per heavy atom. The molecule has 0 aliphatic heterocycles. The smallest absolute Gasteiger partial charge is 0.255 e. The molecule has 20 heavy (non-hydrogen) atoms. The molecular weight excluding hydrogens is 260 g/mol. The van der Waals surface area contributed by atoms with Gasteiger partial charge in [-0.15, -0.1) is 10.2 Å². The van der Waals surface area contributed by atoms with Crippen LogP contribution in [-0.2, 0) is 13.5 Å². The van der Waals surface area contributed by atoms with Gasteiger partial charge >= 0.3 is 0 Å². The summed E-state index contributed by atoms with van der Waals surface area (Å²) in [6, 6.07) is 4.54. The number of ether oxygens (including phenoxy) is 1. The van der Waals surface area contributed by atoms with Crippen molar-refractivity contribution in [3.63, 3.8) is 0 Å². The summed E-state index contributed by atoms with van der Waals surface area (Å²) in [6.07, 6.45) is 2.17. The van der Waals surface area contributed by atoms with Crippen molar-refractivity contribution in [1.29, 1.82) is 0 Å². The number of amides is 1. The van der Waals surface area contributed by atoms with Crippen LogP contribution in [0.15, 0.2) is 24.5 Å². The van der Waals surface area contributed by atoms with Gasteiger partial charge in [0.15, 0.2) is 0 Å². The third-order valence-corrected chi connectivity index (χ3v) is 2.89. The van der Waals surface area contributed by atoms with E-state index in [1.165, 1.54) is 19.2 Å². The number of nitrogens with zero attached hydrogens (tertiary/aromatic N) is 3. The second-order valence-electron chi connectivity index (χ2n) is 4.25. The number of nitrogens with one attached hydrogen (secondary N) is 1. The summed E-state index contributed by atoms with van der Waals surface area (Å²) in [5.41, 5.74) is 0.212. The van der Waals surface area contributed by atoms with E-state index in [0.717, 1.165) is 5.82 Å². The lowest BCUT2D eigenvalue weighted by atomic mass is 10.1. The maximum Gasteiger partial charge on any atom is 0.255 e. The number of benzene rings is 1. The fourth-order valence-corrected chi connectivity index (χ4v) is 1.75. The van der Waals surface area contributed by atoms with Gasteiger partial charge in [-0.05, 0) is 12.1 Å². The molecule has 2 rings (SSSR count). The normalized spacial score (nSPS) is 10.3. The molecule has 0 aliphatic carbocycles. The van der Waals surface area contributed by atoms with E-state index in [1.54, 1.807) is 17.0 Å². The van der Waals surface area contributed by atoms with E-state index >= 15 is 0 Å². The third-order valence-electron chi connectivity index (χ3n) is 2.89. The molecule has 0 saturated heterocycles. The van der Waals surface area contributed by atoms with Gasteiger partial charge in [-0.1, -0.05) is 0 Å². The number of carbonyl (C=O) groups is 1. The Balaban J connectivity index is 1.93. The summed E-state index contributed by atoms with van der Waals surface area (Å²) in [6.45, 7) is 0.414. The molecular formula is C13H16N4O3. The fraction of sp³-hybridized carbons (Fsp3) is 0.308. The number of aromatic nitrogens is 3. The number of phenols is 1. The van der Waals surface area contributed by atoms with Crippen LogP contribution in [-0.4, -0.2) is 39.4 Å². The van der Waals surface area contributed by atoms with Gasteiger partial charge < -0.3 is 19.7 Å². The number of carbonyl (C=O) groups excluding carboxylic acids is 1. The first-order valence-corrected chi connectivity index (χ1v) is 6.10. The molecule has 2 aromatic rings. The zero-order valence-electron chi connectivity index (χ0n) is 11.3. The highest BCUT2D eigenvalue weighted by molar-refractivity contribution is 5.96. The molecule has 0 atom stereocenters. The summed E-state index contributed by atoms with van der Waals surface area (Å²) in [7, 11) is 3.34. The van der Waals surface area contributed by atoms with Gasteiger partial charge in [-0.2, -0.15) is 0 Å². The van der Waals surface area contributed by atoms with Gasteiger partial charge in [0, 0.05) is 26.1 Å². The van der Waals surface area contributed by atoms with Gasteiger partial charge in [0.2, 0.25) is 0 Å². The topological polar surface area (TPSA) is 89.3 Å². The average molecular weight is 276 g/mol. The number of aryl methyl sites for hydroxylation is 1. The van der Waals surface area contributed by atoms with E-state index in [9.17, 15) is 9.90 Å². The quantitative estimate of drug-likeness (QED) is 0.830. The Morgan fingerprint density at radius 2 is 2.30 bits per heavy atom. The first-order valence-electron chi connectivity index (χ1n) is 6.10. The minimum atomic E-state index is -0.340. The molecule has 0 unspecified atom stereocenters. The van der Waals surface area contributed by atoms with Crippen LogP contribution in [0.1, 0.15) is 16.2 Å². The summed E-state index contributed by atoms with van der Waals surface area (Å²) in [5, 5.41) is 20.2. The van der Waals surface area contributed by atoms with Crippen LogP contribution >= 0.6 is 0 Å². The van der Waals surface area contributed by atoms with Crippen LogP contribution in [0.25, 0.3) is 0 Å². The van der Waals surface area contributed by atoms with Crippen LogP contribution in [0.4, 0.5) is 0 Å². The summed E-state index contributed by atoms with van der Waals surface area (Å²) in [4.78, 5) is 11.9. The van der Waals surface area contributed by atoms with Crippen LogP contribution in [0.5, 0.6) is 11.5 Å². The fourth-order valence-electron chi connectivity index (χ4n) is 1.75. The van der Waals surface area contributed by atoms with Gasteiger partial charge in [0.1, 0.15) is 23.7 Å². The largest absolute Gasteiger partial charge is 0.507 e. The molecule has 0 saturated carbocycles. The van der Waals surface area contributed by atoms with Crippen molar-refractivity contribution in [3.8, 4) is 11.5 Å². The number of methoxy groups -OCH3 is 1. The molecule has 0 radical (unpaired) electrons. The predicted octanol–water partition coefficient (Wildman–Crippen LogP) is 0.502. The predicted molar refractivity (Wildman–Crippen MR) is 71.7 cm³/mol. The van der Waals surface area contributed by atoms with E-state index in [0.29, 0.717) is 18.7 Å². The van der Waals surface area contributed by atoms with E-state index in [2.05, 4.69) is 15.5 Å². The molecule has 1 aromatic heterocycles. The lowest BCUT2D eigenvalue weighted by Crippen LogP contribution is -2.26. The molecule has 7 heteroatoms. The zero-order chi connectivity index (χ0) is 14.5. The highest BCUT2D eigenvalue weighted by Gasteiger charge is 2.11. The van der Waals surface area contributed by atoms with E-state index in [1.807, 2.05) is 7.05 Å². The first kappa shape index (κ1) is 13.9. The SMILES string of the molecule is COc1ccc(C(=O)NCCc2nncn2C)c(O)c1. The van der Waals surface area contributed by atoms with Crippen LogP contribution in [0, 0.1) is 0 Å². The number of phenolic OH excluding ortho intramolecular Hbond substituents is 1. The van der Waals surface area contributed by atoms with Gasteiger partial charge in [0.05, 0.1) is 12.7 Å². The average Bonchev–Trinajstić information content (AvgIpc) is 2.84. The molecule has 0 fully saturated rings. The molecule has 2 N–H and O–H groups in total. The maximum absolute atomic E-state index is 11.9. The summed E-state index contributed by atoms with van der Waals surface area (Å²) >= 11 is 0. The van der Waals surface area contributed by atoms with Gasteiger partial charge in [-0.3, -0.25) is 4.79 Å². The summed E-state index contributed by atoms with van der Waals surface area (Å²) in [5.74, 6) is 0.829. The monoisotopic (exact) mass is 276 g/mol. The Bertz CT molecular complexity index is 609. The van der Waals surface area contributed by atoms with Crippen LogP contribution < -0.4 is 10.1 Å². The molecule has 1 amide bonds. The minimum absolute atomic E-state index is 0.111. The highest BCUT2D eigenvalue weighted by atomic mass is 16.5. The van der Waals surface area contributed by atoms with Crippen LogP contribution in [0.2, 0.25) is 0 Å². The number of hydrogen-bond donors (Lipinski definition) is 2. The standard InChI is InChI=1S/C13H16N4O3/c1-17-8-15-16-12(17)5-6-14-13(19)10-4-3-9(20-2)7-11(10)18/h3-4,7-8,18H,5-6H2,1-2H3,(H,14,19). The van der Waals surface area contributed by atoms with E-state index in [-0.39, 0.29) is 17.2 Å². The second kappa shape index (κ2) is 6.05. The molecule has 106 valence electrons. The van der Waals surface area contributed by atoms with E-state index in [4.69, 9.17) is 4.74 Å². The maximum atomic E-state index is 11.9. The lowest BCUT2D eigenvalue weighted by Gasteiger charge is -2.08. The van der Waals surface area contributed by atoms with E-state index < -0.39 is 0 Å². The van der Waals surface area contributed by atoms with Crippen molar-refractivity contribution in [2.24, 2.45) is 7.05 Å². The molecule has 0 bridgehead atoms. The van der Waals surface area contributed by atoms with Gasteiger partial charge in [0.25, 0.3) is 5.91 Å². The minimum Gasteiger partial charge on any atom is -0.507 e. The molecule has 7 nitrogen and oxygen atoms in total. The second-order valence-corrected chi connectivity index (χ2v) is 4.25. The number of hydrogen-bond acceptors (Lipinski definition) is 5. The molecule has 0 aliphatic rings. The Morgan fingerprint density at radius 3 is 2.90 bits per heavy atom. The molecule has 0 spiro atoms. The highest BCUT2D eigenvalue weighted by Crippen LogP contribution is 2.23. The number of aromatic hydroxyl groups is 1. The Labute approximate surface area is 116 Å². The number of rotatable bonds is 5. The third kappa shape index (κ3) is 3.05. The van der Waals surface area contributed by atoms with Crippen molar-refractivity contribution in [3.05, 3.63) is 35.9 Å². The van der Waals surface area contributed by atoms with Crippen molar-refractivity contribution in [2.75, 3.05) is 13.7 Å².